The van der Waals surface area contributed by atoms with E-state index in [9.17, 15) is 22.8 Å². The second-order valence-electron chi connectivity index (χ2n) is 7.03. The molecule has 0 aromatic heterocycles. The van der Waals surface area contributed by atoms with Crippen LogP contribution < -0.4 is 15.5 Å². The largest absolute Gasteiger partial charge is 0.416 e. The van der Waals surface area contributed by atoms with Gasteiger partial charge in [-0.2, -0.15) is 13.2 Å². The molecule has 0 bridgehead atoms. The first-order valence-corrected chi connectivity index (χ1v) is 10.1. The molecule has 0 fully saturated rings. The summed E-state index contributed by atoms with van der Waals surface area (Å²) in [5.41, 5.74) is 0.574. The number of nitrogens with one attached hydrogen (secondary N) is 2. The molecule has 170 valence electrons. The number of amides is 3. The highest BCUT2D eigenvalue weighted by Crippen LogP contribution is 2.30. The van der Waals surface area contributed by atoms with Crippen molar-refractivity contribution in [2.45, 2.75) is 6.18 Å². The van der Waals surface area contributed by atoms with Gasteiger partial charge >= 0.3 is 12.2 Å². The zero-order chi connectivity index (χ0) is 23.7. The summed E-state index contributed by atoms with van der Waals surface area (Å²) in [4.78, 5) is 26.3. The predicted octanol–water partition coefficient (Wildman–Crippen LogP) is 5.57. The Labute approximate surface area is 189 Å². The number of rotatable bonds is 7. The van der Waals surface area contributed by atoms with Crippen LogP contribution in [0.15, 0.2) is 91.0 Å². The first-order valence-electron chi connectivity index (χ1n) is 10.1. The summed E-state index contributed by atoms with van der Waals surface area (Å²) >= 11 is 0. The maximum Gasteiger partial charge on any atom is 0.416 e. The van der Waals surface area contributed by atoms with Crippen LogP contribution in [0.4, 0.5) is 29.3 Å². The Bertz CT molecular complexity index is 1100. The van der Waals surface area contributed by atoms with Crippen molar-refractivity contribution >= 4 is 29.4 Å². The van der Waals surface area contributed by atoms with Gasteiger partial charge in [0, 0.05) is 30.5 Å². The Hall–Kier alpha value is -4.07. The number of anilines is 2. The monoisotopic (exact) mass is 453 g/mol. The molecule has 0 unspecified atom stereocenters. The number of hydrogen-bond acceptors (Lipinski definition) is 2. The second-order valence-corrected chi connectivity index (χ2v) is 7.03. The van der Waals surface area contributed by atoms with Gasteiger partial charge in [0.1, 0.15) is 0 Å². The Balaban J connectivity index is 1.65. The lowest BCUT2D eigenvalue weighted by Crippen LogP contribution is -2.40. The third kappa shape index (κ3) is 7.24. The van der Waals surface area contributed by atoms with Crippen LogP contribution in [0.2, 0.25) is 0 Å². The highest BCUT2D eigenvalue weighted by molar-refractivity contribution is 6.02. The van der Waals surface area contributed by atoms with Crippen molar-refractivity contribution in [3.8, 4) is 0 Å². The summed E-state index contributed by atoms with van der Waals surface area (Å²) in [5, 5.41) is 5.20. The minimum absolute atomic E-state index is 0.0191. The van der Waals surface area contributed by atoms with Gasteiger partial charge in [-0.3, -0.25) is 9.69 Å². The molecule has 0 saturated carbocycles. The van der Waals surface area contributed by atoms with E-state index in [0.717, 1.165) is 17.7 Å². The van der Waals surface area contributed by atoms with Crippen LogP contribution in [0.1, 0.15) is 11.1 Å². The Morgan fingerprint density at radius 1 is 0.879 bits per heavy atom. The Morgan fingerprint density at radius 2 is 1.55 bits per heavy atom. The van der Waals surface area contributed by atoms with Crippen molar-refractivity contribution in [2.24, 2.45) is 0 Å². The average Bonchev–Trinajstić information content (AvgIpc) is 2.81. The number of carbonyl (C=O) groups is 2. The van der Waals surface area contributed by atoms with Crippen LogP contribution in [0.5, 0.6) is 0 Å². The highest BCUT2D eigenvalue weighted by Gasteiger charge is 2.30. The van der Waals surface area contributed by atoms with Gasteiger partial charge in [0.15, 0.2) is 0 Å². The third-order valence-corrected chi connectivity index (χ3v) is 4.62. The molecular formula is C25H22F3N3O2. The maximum atomic E-state index is 13.0. The van der Waals surface area contributed by atoms with Crippen LogP contribution in [0.25, 0.3) is 6.08 Å². The fraction of sp³-hybridized carbons (Fsp3) is 0.120. The number of hydrogen-bond donors (Lipinski definition) is 2. The molecule has 0 heterocycles. The van der Waals surface area contributed by atoms with E-state index >= 15 is 0 Å². The molecule has 8 heteroatoms. The molecule has 5 nitrogen and oxygen atoms in total. The van der Waals surface area contributed by atoms with E-state index < -0.39 is 17.8 Å². The van der Waals surface area contributed by atoms with E-state index in [1.165, 1.54) is 23.1 Å². The minimum Gasteiger partial charge on any atom is -0.351 e. The molecule has 3 aromatic rings. The van der Waals surface area contributed by atoms with Crippen LogP contribution in [0, 0.1) is 0 Å². The number of nitrogens with zero attached hydrogens (tertiary/aromatic N) is 1. The summed E-state index contributed by atoms with van der Waals surface area (Å²) in [6, 6.07) is 21.8. The summed E-state index contributed by atoms with van der Waals surface area (Å²) in [6.45, 7) is 0.253. The normalized spacial score (nSPS) is 11.2. The number of alkyl halides is 3. The first-order chi connectivity index (χ1) is 15.8. The lowest BCUT2D eigenvalue weighted by Gasteiger charge is -2.23. The molecule has 0 aliphatic rings. The molecule has 0 aliphatic carbocycles. The lowest BCUT2D eigenvalue weighted by molar-refractivity contribution is -0.137. The van der Waals surface area contributed by atoms with Crippen LogP contribution >= 0.6 is 0 Å². The molecular weight excluding hydrogens is 431 g/mol. The molecule has 0 aliphatic heterocycles. The maximum absolute atomic E-state index is 13.0. The van der Waals surface area contributed by atoms with Crippen molar-refractivity contribution in [3.05, 3.63) is 102 Å². The second kappa shape index (κ2) is 11.0. The zero-order valence-electron chi connectivity index (χ0n) is 17.5. The van der Waals surface area contributed by atoms with Gasteiger partial charge in [-0.1, -0.05) is 54.6 Å². The third-order valence-electron chi connectivity index (χ3n) is 4.62. The number of halogens is 3. The van der Waals surface area contributed by atoms with Crippen molar-refractivity contribution in [2.75, 3.05) is 23.3 Å². The summed E-state index contributed by atoms with van der Waals surface area (Å²) in [7, 11) is 0. The Kier molecular flexibility index (Phi) is 7.86. The van der Waals surface area contributed by atoms with E-state index in [1.54, 1.807) is 36.4 Å². The van der Waals surface area contributed by atoms with E-state index in [0.29, 0.717) is 5.69 Å². The standard InChI is InChI=1S/C25H22F3N3O2/c26-25(27,28)20-10-7-11-21(18-20)30-24(33)31(22-12-5-2-6-13-22)17-16-29-23(32)15-14-19-8-3-1-4-9-19/h1-15,18H,16-17H2,(H,29,32)(H,30,33)/b15-14+. The van der Waals surface area contributed by atoms with Gasteiger partial charge in [-0.25, -0.2) is 4.79 Å². The predicted molar refractivity (Wildman–Crippen MR) is 123 cm³/mol. The lowest BCUT2D eigenvalue weighted by atomic mass is 10.2. The number of urea groups is 1. The van der Waals surface area contributed by atoms with E-state index in [4.69, 9.17) is 0 Å². The summed E-state index contributed by atoms with van der Waals surface area (Å²) in [6.07, 6.45) is -1.45. The molecule has 0 saturated heterocycles. The van der Waals surface area contributed by atoms with Gasteiger partial charge in [-0.05, 0) is 42.0 Å². The molecule has 33 heavy (non-hydrogen) atoms. The zero-order valence-corrected chi connectivity index (χ0v) is 17.5. The minimum atomic E-state index is -4.52. The summed E-state index contributed by atoms with van der Waals surface area (Å²) in [5.74, 6) is -0.329. The van der Waals surface area contributed by atoms with Crippen LogP contribution in [0.3, 0.4) is 0 Å². The molecule has 3 amide bonds. The number of carbonyl (C=O) groups excluding carboxylic acids is 2. The smallest absolute Gasteiger partial charge is 0.351 e. The van der Waals surface area contributed by atoms with Gasteiger partial charge in [0.25, 0.3) is 0 Å². The molecule has 2 N–H and O–H groups in total. The van der Waals surface area contributed by atoms with Gasteiger partial charge in [-0.15, -0.1) is 0 Å². The molecule has 3 rings (SSSR count). The van der Waals surface area contributed by atoms with E-state index in [1.807, 2.05) is 30.3 Å². The highest BCUT2D eigenvalue weighted by atomic mass is 19.4. The average molecular weight is 453 g/mol. The van der Waals surface area contributed by atoms with E-state index in [2.05, 4.69) is 10.6 Å². The van der Waals surface area contributed by atoms with Crippen LogP contribution in [-0.4, -0.2) is 25.0 Å². The Morgan fingerprint density at radius 3 is 2.21 bits per heavy atom. The topological polar surface area (TPSA) is 61.4 Å². The van der Waals surface area contributed by atoms with Gasteiger partial charge in [0.2, 0.25) is 5.91 Å². The molecule has 0 atom stereocenters. The first kappa shape index (κ1) is 23.6. The van der Waals surface area contributed by atoms with Gasteiger partial charge < -0.3 is 10.6 Å². The van der Waals surface area contributed by atoms with Crippen molar-refractivity contribution < 1.29 is 22.8 Å². The van der Waals surface area contributed by atoms with Crippen molar-refractivity contribution in [3.63, 3.8) is 0 Å². The SMILES string of the molecule is O=C(/C=C/c1ccccc1)NCCN(C(=O)Nc1cccc(C(F)(F)F)c1)c1ccccc1. The summed E-state index contributed by atoms with van der Waals surface area (Å²) < 4.78 is 38.9. The molecule has 3 aromatic carbocycles. The fourth-order valence-electron chi connectivity index (χ4n) is 3.01. The van der Waals surface area contributed by atoms with Crippen molar-refractivity contribution in [1.29, 1.82) is 0 Å². The number of para-hydroxylation sites is 1. The fourth-order valence-corrected chi connectivity index (χ4v) is 3.01. The van der Waals surface area contributed by atoms with E-state index in [-0.39, 0.29) is 24.7 Å². The van der Waals surface area contributed by atoms with Crippen molar-refractivity contribution in [1.82, 2.24) is 5.32 Å². The quantitative estimate of drug-likeness (QED) is 0.459. The van der Waals surface area contributed by atoms with Gasteiger partial charge in [0.05, 0.1) is 5.56 Å². The van der Waals surface area contributed by atoms with Crippen LogP contribution in [-0.2, 0) is 11.0 Å². The molecule has 0 spiro atoms. The molecule has 0 radical (unpaired) electrons. The number of benzene rings is 3.